The Balaban J connectivity index is 1.58. The van der Waals surface area contributed by atoms with E-state index in [1.807, 2.05) is 31.2 Å². The maximum absolute atomic E-state index is 13.2. The minimum absolute atomic E-state index is 0.183. The van der Waals surface area contributed by atoms with Gasteiger partial charge >= 0.3 is 0 Å². The average Bonchev–Trinajstić information content (AvgIpc) is 2.81. The van der Waals surface area contributed by atoms with Crippen molar-refractivity contribution in [1.82, 2.24) is 9.21 Å². The molecule has 2 aliphatic heterocycles. The number of piperazine rings is 1. The zero-order valence-corrected chi connectivity index (χ0v) is 19.7. The molecule has 32 heavy (non-hydrogen) atoms. The van der Waals surface area contributed by atoms with Gasteiger partial charge in [-0.25, -0.2) is 8.42 Å². The third-order valence-corrected chi connectivity index (χ3v) is 8.30. The number of nitrogens with zero attached hydrogens (tertiary/aromatic N) is 3. The highest BCUT2D eigenvalue weighted by Crippen LogP contribution is 2.28. The van der Waals surface area contributed by atoms with Crippen molar-refractivity contribution in [3.8, 4) is 0 Å². The highest BCUT2D eigenvalue weighted by Gasteiger charge is 2.27. The summed E-state index contributed by atoms with van der Waals surface area (Å²) in [5.41, 5.74) is 2.86. The molecule has 0 spiro atoms. The molecule has 0 unspecified atom stereocenters. The van der Waals surface area contributed by atoms with Gasteiger partial charge in [-0.2, -0.15) is 4.31 Å². The maximum atomic E-state index is 13.2. The molecule has 0 bridgehead atoms. The van der Waals surface area contributed by atoms with E-state index in [4.69, 9.17) is 0 Å². The van der Waals surface area contributed by atoms with Gasteiger partial charge in [0.1, 0.15) is 0 Å². The van der Waals surface area contributed by atoms with E-state index in [0.717, 1.165) is 62.4 Å². The van der Waals surface area contributed by atoms with Gasteiger partial charge in [0.25, 0.3) is 5.91 Å². The zero-order chi connectivity index (χ0) is 22.7. The predicted octanol–water partition coefficient (Wildman–Crippen LogP) is 3.17. The molecule has 2 aromatic rings. The Morgan fingerprint density at radius 1 is 0.906 bits per heavy atom. The van der Waals surface area contributed by atoms with E-state index in [2.05, 4.69) is 22.2 Å². The third-order valence-electron chi connectivity index (χ3n) is 6.40. The number of hydrogen-bond acceptors (Lipinski definition) is 5. The highest BCUT2D eigenvalue weighted by atomic mass is 32.2. The van der Waals surface area contributed by atoms with Gasteiger partial charge in [-0.3, -0.25) is 4.79 Å². The molecule has 0 aromatic heterocycles. The number of carbonyl (C=O) groups excluding carboxylic acids is 1. The number of anilines is 2. The van der Waals surface area contributed by atoms with Crippen molar-refractivity contribution in [2.24, 2.45) is 0 Å². The lowest BCUT2D eigenvalue weighted by Gasteiger charge is -2.35. The molecule has 8 heteroatoms. The van der Waals surface area contributed by atoms with Crippen molar-refractivity contribution in [2.45, 2.75) is 31.1 Å². The molecule has 1 amide bonds. The van der Waals surface area contributed by atoms with Crippen molar-refractivity contribution in [3.05, 3.63) is 53.6 Å². The molecule has 2 heterocycles. The summed E-state index contributed by atoms with van der Waals surface area (Å²) in [6.07, 6.45) is 2.81. The van der Waals surface area contributed by atoms with Gasteiger partial charge in [-0.15, -0.1) is 0 Å². The van der Waals surface area contributed by atoms with E-state index >= 15 is 0 Å². The minimum Gasteiger partial charge on any atom is -0.367 e. The van der Waals surface area contributed by atoms with Crippen LogP contribution in [0.15, 0.2) is 47.4 Å². The molecule has 2 fully saturated rings. The first kappa shape index (κ1) is 22.8. The van der Waals surface area contributed by atoms with Crippen LogP contribution in [-0.2, 0) is 10.0 Å². The first-order valence-corrected chi connectivity index (χ1v) is 12.7. The van der Waals surface area contributed by atoms with E-state index in [1.165, 1.54) is 10.4 Å². The van der Waals surface area contributed by atoms with Crippen LogP contribution in [0, 0.1) is 6.92 Å². The maximum Gasteiger partial charge on any atom is 0.256 e. The molecule has 7 nitrogen and oxygen atoms in total. The molecule has 0 saturated carbocycles. The fraction of sp³-hybridized carbons (Fsp3) is 0.458. The van der Waals surface area contributed by atoms with E-state index in [-0.39, 0.29) is 10.8 Å². The Kier molecular flexibility index (Phi) is 6.83. The first-order valence-electron chi connectivity index (χ1n) is 11.3. The summed E-state index contributed by atoms with van der Waals surface area (Å²) in [6, 6.07) is 12.6. The first-order chi connectivity index (χ1) is 15.4. The fourth-order valence-electron chi connectivity index (χ4n) is 4.35. The highest BCUT2D eigenvalue weighted by molar-refractivity contribution is 7.89. The number of amides is 1. The van der Waals surface area contributed by atoms with Crippen molar-refractivity contribution in [3.63, 3.8) is 0 Å². The Bertz CT molecular complexity index is 1070. The van der Waals surface area contributed by atoms with Crippen molar-refractivity contribution < 1.29 is 13.2 Å². The Hall–Kier alpha value is -2.42. The average molecular weight is 457 g/mol. The van der Waals surface area contributed by atoms with Crippen LogP contribution < -0.4 is 10.2 Å². The molecule has 2 saturated heterocycles. The smallest absolute Gasteiger partial charge is 0.256 e. The quantitative estimate of drug-likeness (QED) is 0.748. The summed E-state index contributed by atoms with van der Waals surface area (Å²) in [7, 11) is -1.49. The molecular weight excluding hydrogens is 424 g/mol. The van der Waals surface area contributed by atoms with Crippen LogP contribution in [0.4, 0.5) is 11.4 Å². The van der Waals surface area contributed by atoms with Gasteiger partial charge < -0.3 is 15.1 Å². The van der Waals surface area contributed by atoms with Crippen LogP contribution in [0.1, 0.15) is 35.2 Å². The van der Waals surface area contributed by atoms with Gasteiger partial charge in [-0.05, 0) is 56.6 Å². The molecule has 1 N–H and O–H groups in total. The summed E-state index contributed by atoms with van der Waals surface area (Å²) >= 11 is 0. The predicted molar refractivity (Wildman–Crippen MR) is 128 cm³/mol. The van der Waals surface area contributed by atoms with Gasteiger partial charge in [0.2, 0.25) is 10.0 Å². The third kappa shape index (κ3) is 4.82. The SMILES string of the molecule is Cc1ccc(S(=O)(=O)N2CCCCC2)cc1C(=O)Nc1ccccc1N1CCN(C)CC1. The number of carbonyl (C=O) groups is 1. The largest absolute Gasteiger partial charge is 0.367 e. The second-order valence-corrected chi connectivity index (χ2v) is 10.6. The topological polar surface area (TPSA) is 73.0 Å². The lowest BCUT2D eigenvalue weighted by Crippen LogP contribution is -2.44. The van der Waals surface area contributed by atoms with Gasteiger partial charge in [0.15, 0.2) is 0 Å². The lowest BCUT2D eigenvalue weighted by atomic mass is 10.1. The number of rotatable bonds is 5. The molecule has 172 valence electrons. The molecule has 0 atom stereocenters. The number of hydrogen-bond donors (Lipinski definition) is 1. The van der Waals surface area contributed by atoms with E-state index in [1.54, 1.807) is 12.1 Å². The minimum atomic E-state index is -3.60. The second kappa shape index (κ2) is 9.60. The van der Waals surface area contributed by atoms with Gasteiger partial charge in [0.05, 0.1) is 16.3 Å². The molecule has 0 aliphatic carbocycles. The second-order valence-electron chi connectivity index (χ2n) is 8.70. The van der Waals surface area contributed by atoms with Crippen molar-refractivity contribution >= 4 is 27.3 Å². The Labute approximate surface area is 191 Å². The van der Waals surface area contributed by atoms with Crippen molar-refractivity contribution in [1.29, 1.82) is 0 Å². The number of para-hydroxylation sites is 2. The number of aryl methyl sites for hydroxylation is 1. The Morgan fingerprint density at radius 3 is 2.31 bits per heavy atom. The van der Waals surface area contributed by atoms with Crippen LogP contribution in [-0.4, -0.2) is 69.8 Å². The molecule has 4 rings (SSSR count). The Morgan fingerprint density at radius 2 is 1.59 bits per heavy atom. The van der Waals surface area contributed by atoms with Gasteiger partial charge in [-0.1, -0.05) is 24.6 Å². The number of benzene rings is 2. The molecule has 0 radical (unpaired) electrons. The standard InChI is InChI=1S/C24H32N4O3S/c1-19-10-11-20(32(30,31)28-12-6-3-7-13-28)18-21(19)24(29)25-22-8-4-5-9-23(22)27-16-14-26(2)15-17-27/h4-5,8-11,18H,3,6-7,12-17H2,1-2H3,(H,25,29). The van der Waals surface area contributed by atoms with Crippen LogP contribution in [0.3, 0.4) is 0 Å². The number of likely N-dealkylation sites (N-methyl/N-ethyl adjacent to an activating group) is 1. The summed E-state index contributed by atoms with van der Waals surface area (Å²) in [6.45, 7) is 6.64. The van der Waals surface area contributed by atoms with E-state index < -0.39 is 10.0 Å². The molecule has 2 aliphatic rings. The van der Waals surface area contributed by atoms with Gasteiger partial charge in [0, 0.05) is 44.8 Å². The lowest BCUT2D eigenvalue weighted by molar-refractivity contribution is 0.102. The molecular formula is C24H32N4O3S. The van der Waals surface area contributed by atoms with E-state index in [9.17, 15) is 13.2 Å². The van der Waals surface area contributed by atoms with Crippen LogP contribution in [0.25, 0.3) is 0 Å². The number of sulfonamides is 1. The normalized spacial score (nSPS) is 18.5. The zero-order valence-electron chi connectivity index (χ0n) is 18.9. The van der Waals surface area contributed by atoms with Crippen LogP contribution >= 0.6 is 0 Å². The summed E-state index contributed by atoms with van der Waals surface area (Å²) < 4.78 is 27.7. The summed E-state index contributed by atoms with van der Waals surface area (Å²) in [4.78, 5) is 18.0. The molecule has 2 aromatic carbocycles. The number of piperidine rings is 1. The summed E-state index contributed by atoms with van der Waals surface area (Å²) in [5.74, 6) is -0.292. The monoisotopic (exact) mass is 456 g/mol. The number of nitrogens with one attached hydrogen (secondary N) is 1. The summed E-state index contributed by atoms with van der Waals surface area (Å²) in [5, 5.41) is 3.03. The fourth-order valence-corrected chi connectivity index (χ4v) is 5.90. The van der Waals surface area contributed by atoms with Crippen molar-refractivity contribution in [2.75, 3.05) is 56.5 Å². The van der Waals surface area contributed by atoms with Crippen LogP contribution in [0.5, 0.6) is 0 Å². The van der Waals surface area contributed by atoms with Crippen LogP contribution in [0.2, 0.25) is 0 Å². The van der Waals surface area contributed by atoms with E-state index in [0.29, 0.717) is 18.7 Å².